The van der Waals surface area contributed by atoms with Gasteiger partial charge in [0, 0.05) is 11.5 Å². The standard InChI is InChI=1S/C16H22N2O/c1-12-10-18-15(19-12)11-17-13(2)16(3,4)14-8-6-5-7-9-14/h5-10,13,17H,11H2,1-4H3. The van der Waals surface area contributed by atoms with Gasteiger partial charge in [-0.3, -0.25) is 0 Å². The average Bonchev–Trinajstić information content (AvgIpc) is 2.82. The van der Waals surface area contributed by atoms with E-state index < -0.39 is 0 Å². The minimum absolute atomic E-state index is 0.0584. The summed E-state index contributed by atoms with van der Waals surface area (Å²) in [6, 6.07) is 10.9. The lowest BCUT2D eigenvalue weighted by atomic mass is 9.78. The third kappa shape index (κ3) is 3.24. The van der Waals surface area contributed by atoms with Gasteiger partial charge in [0.1, 0.15) is 5.76 Å². The number of nitrogens with one attached hydrogen (secondary N) is 1. The van der Waals surface area contributed by atoms with Crippen molar-refractivity contribution in [2.24, 2.45) is 0 Å². The zero-order valence-electron chi connectivity index (χ0n) is 12.1. The summed E-state index contributed by atoms with van der Waals surface area (Å²) >= 11 is 0. The first-order valence-electron chi connectivity index (χ1n) is 6.70. The van der Waals surface area contributed by atoms with Crippen molar-refractivity contribution in [3.8, 4) is 0 Å². The van der Waals surface area contributed by atoms with Gasteiger partial charge in [0.2, 0.25) is 5.89 Å². The molecule has 0 spiro atoms. The SMILES string of the molecule is Cc1cnc(CNC(C)C(C)(C)c2ccccc2)o1. The van der Waals surface area contributed by atoms with Crippen LogP contribution in [0.3, 0.4) is 0 Å². The smallest absolute Gasteiger partial charge is 0.208 e. The fourth-order valence-corrected chi connectivity index (χ4v) is 2.10. The molecular formula is C16H22N2O. The molecule has 0 bridgehead atoms. The third-order valence-corrected chi connectivity index (χ3v) is 3.83. The van der Waals surface area contributed by atoms with E-state index in [4.69, 9.17) is 4.42 Å². The molecule has 3 nitrogen and oxygen atoms in total. The third-order valence-electron chi connectivity index (χ3n) is 3.83. The summed E-state index contributed by atoms with van der Waals surface area (Å²) in [5.74, 6) is 1.60. The quantitative estimate of drug-likeness (QED) is 0.892. The molecule has 19 heavy (non-hydrogen) atoms. The van der Waals surface area contributed by atoms with E-state index in [1.807, 2.05) is 13.0 Å². The summed E-state index contributed by atoms with van der Waals surface area (Å²) in [6.45, 7) is 9.27. The zero-order chi connectivity index (χ0) is 13.9. The number of benzene rings is 1. The van der Waals surface area contributed by atoms with E-state index in [1.54, 1.807) is 6.20 Å². The van der Waals surface area contributed by atoms with Crippen LogP contribution in [0.25, 0.3) is 0 Å². The molecule has 1 aromatic heterocycles. The maximum atomic E-state index is 5.48. The Balaban J connectivity index is 2.01. The number of hydrogen-bond donors (Lipinski definition) is 1. The number of oxazole rings is 1. The van der Waals surface area contributed by atoms with Crippen LogP contribution in [0.2, 0.25) is 0 Å². The number of hydrogen-bond acceptors (Lipinski definition) is 3. The largest absolute Gasteiger partial charge is 0.445 e. The van der Waals surface area contributed by atoms with E-state index in [2.05, 4.69) is 55.3 Å². The van der Waals surface area contributed by atoms with Gasteiger partial charge in [-0.05, 0) is 19.4 Å². The predicted octanol–water partition coefficient (Wildman–Crippen LogP) is 3.44. The van der Waals surface area contributed by atoms with Crippen molar-refractivity contribution in [1.29, 1.82) is 0 Å². The van der Waals surface area contributed by atoms with Crippen LogP contribution in [0.5, 0.6) is 0 Å². The highest BCUT2D eigenvalue weighted by atomic mass is 16.4. The Hall–Kier alpha value is -1.61. The first kappa shape index (κ1) is 13.8. The lowest BCUT2D eigenvalue weighted by Crippen LogP contribution is -2.42. The fourth-order valence-electron chi connectivity index (χ4n) is 2.10. The van der Waals surface area contributed by atoms with E-state index in [0.717, 1.165) is 11.7 Å². The van der Waals surface area contributed by atoms with Crippen LogP contribution in [-0.2, 0) is 12.0 Å². The summed E-state index contributed by atoms with van der Waals surface area (Å²) in [5, 5.41) is 3.49. The number of rotatable bonds is 5. The van der Waals surface area contributed by atoms with Gasteiger partial charge >= 0.3 is 0 Å². The molecule has 0 aliphatic carbocycles. The Morgan fingerprint density at radius 2 is 1.95 bits per heavy atom. The van der Waals surface area contributed by atoms with E-state index in [0.29, 0.717) is 12.6 Å². The first-order chi connectivity index (χ1) is 9.00. The van der Waals surface area contributed by atoms with Gasteiger partial charge in [-0.15, -0.1) is 0 Å². The van der Waals surface area contributed by atoms with Crippen LogP contribution in [0.1, 0.15) is 38.0 Å². The lowest BCUT2D eigenvalue weighted by Gasteiger charge is -2.33. The molecule has 0 saturated heterocycles. The second-order valence-electron chi connectivity index (χ2n) is 5.55. The van der Waals surface area contributed by atoms with Crippen molar-refractivity contribution in [1.82, 2.24) is 10.3 Å². The molecule has 1 aromatic carbocycles. The first-order valence-corrected chi connectivity index (χ1v) is 6.70. The summed E-state index contributed by atoms with van der Waals surface area (Å²) in [5.41, 5.74) is 1.39. The molecule has 1 atom stereocenters. The normalized spacial score (nSPS) is 13.5. The van der Waals surface area contributed by atoms with Crippen molar-refractivity contribution in [2.45, 2.75) is 45.7 Å². The van der Waals surface area contributed by atoms with Gasteiger partial charge in [-0.25, -0.2) is 4.98 Å². The van der Waals surface area contributed by atoms with Crippen molar-refractivity contribution < 1.29 is 4.42 Å². The van der Waals surface area contributed by atoms with Crippen LogP contribution >= 0.6 is 0 Å². The Morgan fingerprint density at radius 1 is 1.26 bits per heavy atom. The van der Waals surface area contributed by atoms with Crippen molar-refractivity contribution in [3.05, 3.63) is 53.7 Å². The van der Waals surface area contributed by atoms with Crippen molar-refractivity contribution in [2.75, 3.05) is 0 Å². The second kappa shape index (κ2) is 5.57. The summed E-state index contributed by atoms with van der Waals surface area (Å²) in [4.78, 5) is 4.21. The molecule has 0 amide bonds. The molecule has 1 N–H and O–H groups in total. The highest BCUT2D eigenvalue weighted by Crippen LogP contribution is 2.26. The summed E-state index contributed by atoms with van der Waals surface area (Å²) < 4.78 is 5.48. The molecule has 2 aromatic rings. The Kier molecular flexibility index (Phi) is 4.05. The number of nitrogens with zero attached hydrogens (tertiary/aromatic N) is 1. The van der Waals surface area contributed by atoms with Crippen molar-refractivity contribution in [3.63, 3.8) is 0 Å². The molecule has 0 radical (unpaired) electrons. The summed E-state index contributed by atoms with van der Waals surface area (Å²) in [6.07, 6.45) is 1.75. The fraction of sp³-hybridized carbons (Fsp3) is 0.438. The Bertz CT molecular complexity index is 517. The molecule has 0 saturated carbocycles. The highest BCUT2D eigenvalue weighted by molar-refractivity contribution is 5.25. The van der Waals surface area contributed by atoms with Crippen LogP contribution in [0.15, 0.2) is 40.9 Å². The van der Waals surface area contributed by atoms with E-state index >= 15 is 0 Å². The van der Waals surface area contributed by atoms with Gasteiger partial charge in [0.05, 0.1) is 12.7 Å². The molecule has 102 valence electrons. The van der Waals surface area contributed by atoms with Crippen LogP contribution < -0.4 is 5.32 Å². The van der Waals surface area contributed by atoms with Gasteiger partial charge in [-0.1, -0.05) is 44.2 Å². The summed E-state index contributed by atoms with van der Waals surface area (Å²) in [7, 11) is 0. The molecular weight excluding hydrogens is 236 g/mol. The van der Waals surface area contributed by atoms with Crippen LogP contribution in [0.4, 0.5) is 0 Å². The molecule has 3 heteroatoms. The maximum absolute atomic E-state index is 5.48. The second-order valence-corrected chi connectivity index (χ2v) is 5.55. The zero-order valence-corrected chi connectivity index (χ0v) is 12.1. The Morgan fingerprint density at radius 3 is 2.53 bits per heavy atom. The van der Waals surface area contributed by atoms with Gasteiger partial charge in [-0.2, -0.15) is 0 Å². The molecule has 2 rings (SSSR count). The van der Waals surface area contributed by atoms with E-state index in [1.165, 1.54) is 5.56 Å². The number of aryl methyl sites for hydroxylation is 1. The lowest BCUT2D eigenvalue weighted by molar-refractivity contribution is 0.340. The minimum atomic E-state index is 0.0584. The molecule has 0 aliphatic heterocycles. The van der Waals surface area contributed by atoms with Gasteiger partial charge < -0.3 is 9.73 Å². The van der Waals surface area contributed by atoms with Crippen molar-refractivity contribution >= 4 is 0 Å². The topological polar surface area (TPSA) is 38.1 Å². The monoisotopic (exact) mass is 258 g/mol. The Labute approximate surface area is 115 Å². The predicted molar refractivity (Wildman–Crippen MR) is 77.0 cm³/mol. The number of aromatic nitrogens is 1. The maximum Gasteiger partial charge on any atom is 0.208 e. The average molecular weight is 258 g/mol. The van der Waals surface area contributed by atoms with Gasteiger partial charge in [0.25, 0.3) is 0 Å². The molecule has 1 heterocycles. The van der Waals surface area contributed by atoms with E-state index in [-0.39, 0.29) is 5.41 Å². The van der Waals surface area contributed by atoms with Crippen LogP contribution in [0, 0.1) is 6.92 Å². The molecule has 0 aliphatic rings. The molecule has 0 fully saturated rings. The highest BCUT2D eigenvalue weighted by Gasteiger charge is 2.27. The van der Waals surface area contributed by atoms with E-state index in [9.17, 15) is 0 Å². The molecule has 1 unspecified atom stereocenters. The van der Waals surface area contributed by atoms with Crippen LogP contribution in [-0.4, -0.2) is 11.0 Å². The minimum Gasteiger partial charge on any atom is -0.445 e. The van der Waals surface area contributed by atoms with Gasteiger partial charge in [0.15, 0.2) is 0 Å².